The van der Waals surface area contributed by atoms with Gasteiger partial charge in [-0.3, -0.25) is 9.59 Å². The van der Waals surface area contributed by atoms with Gasteiger partial charge in [-0.2, -0.15) is 0 Å². The summed E-state index contributed by atoms with van der Waals surface area (Å²) in [6.45, 7) is 12.2. The molecule has 0 amide bonds. The topological polar surface area (TPSA) is 34.1 Å². The van der Waals surface area contributed by atoms with Crippen molar-refractivity contribution in [2.24, 2.45) is 52.3 Å². The fourth-order valence-electron chi connectivity index (χ4n) is 8.86. The molecule has 0 aromatic rings. The van der Waals surface area contributed by atoms with E-state index >= 15 is 0 Å². The zero-order chi connectivity index (χ0) is 21.0. The largest absolute Gasteiger partial charge is 0.300 e. The monoisotopic (exact) mass is 400 g/mol. The summed E-state index contributed by atoms with van der Waals surface area (Å²) in [5, 5.41) is 0. The summed E-state index contributed by atoms with van der Waals surface area (Å²) in [6.07, 6.45) is 12.4. The molecule has 4 rings (SSSR count). The average molecular weight is 401 g/mol. The third-order valence-corrected chi connectivity index (χ3v) is 10.5. The summed E-state index contributed by atoms with van der Waals surface area (Å²) in [4.78, 5) is 25.3. The van der Waals surface area contributed by atoms with Crippen LogP contribution >= 0.6 is 0 Å². The summed E-state index contributed by atoms with van der Waals surface area (Å²) < 4.78 is 0. The molecule has 4 aliphatic rings. The van der Waals surface area contributed by atoms with Crippen LogP contribution in [-0.2, 0) is 9.59 Å². The SMILES string of the molecule is CC(C)CCCC(C)[C@H]1CCC2C3CC(=O)C4CC(=O)CC[C@]4(C)C3CC[C@@]21C. The number of hydrogen-bond donors (Lipinski definition) is 0. The summed E-state index contributed by atoms with van der Waals surface area (Å²) in [5.74, 6) is 5.25. The first-order chi connectivity index (χ1) is 13.7. The zero-order valence-electron chi connectivity index (χ0n) is 19.6. The van der Waals surface area contributed by atoms with Gasteiger partial charge in [0.15, 0.2) is 0 Å². The Kier molecular flexibility index (Phi) is 5.79. The van der Waals surface area contributed by atoms with Crippen LogP contribution in [0.2, 0.25) is 0 Å². The molecule has 4 fully saturated rings. The fourth-order valence-corrected chi connectivity index (χ4v) is 8.86. The van der Waals surface area contributed by atoms with Gasteiger partial charge in [0.2, 0.25) is 0 Å². The summed E-state index contributed by atoms with van der Waals surface area (Å²) in [5.41, 5.74) is 0.530. The number of fused-ring (bicyclic) bond motifs is 5. The van der Waals surface area contributed by atoms with Gasteiger partial charge in [0, 0.05) is 25.2 Å². The minimum Gasteiger partial charge on any atom is -0.300 e. The van der Waals surface area contributed by atoms with Crippen LogP contribution < -0.4 is 0 Å². The normalized spacial score (nSPS) is 45.7. The Morgan fingerprint density at radius 1 is 0.897 bits per heavy atom. The number of rotatable bonds is 5. The predicted octanol–water partition coefficient (Wildman–Crippen LogP) is 6.86. The molecule has 0 N–H and O–H groups in total. The van der Waals surface area contributed by atoms with Crippen LogP contribution in [0.1, 0.15) is 105 Å². The van der Waals surface area contributed by atoms with Gasteiger partial charge in [0.25, 0.3) is 0 Å². The van der Waals surface area contributed by atoms with Crippen LogP contribution in [0.25, 0.3) is 0 Å². The molecule has 0 bridgehead atoms. The second-order valence-corrected chi connectivity index (χ2v) is 12.4. The van der Waals surface area contributed by atoms with Crippen molar-refractivity contribution in [3.8, 4) is 0 Å². The number of carbonyl (C=O) groups is 2. The highest BCUT2D eigenvalue weighted by Crippen LogP contribution is 2.67. The van der Waals surface area contributed by atoms with E-state index in [-0.39, 0.29) is 11.3 Å². The van der Waals surface area contributed by atoms with Gasteiger partial charge in [-0.1, -0.05) is 53.9 Å². The lowest BCUT2D eigenvalue weighted by molar-refractivity contribution is -0.159. The molecule has 0 aliphatic heterocycles. The van der Waals surface area contributed by atoms with Gasteiger partial charge < -0.3 is 0 Å². The molecule has 8 atom stereocenters. The van der Waals surface area contributed by atoms with E-state index in [1.165, 1.54) is 44.9 Å². The molecule has 0 spiro atoms. The van der Waals surface area contributed by atoms with Crippen molar-refractivity contribution in [3.05, 3.63) is 0 Å². The van der Waals surface area contributed by atoms with E-state index in [1.54, 1.807) is 0 Å². The molecule has 4 saturated carbocycles. The fraction of sp³-hybridized carbons (Fsp3) is 0.926. The van der Waals surface area contributed by atoms with Gasteiger partial charge in [-0.25, -0.2) is 0 Å². The first kappa shape index (κ1) is 21.6. The second-order valence-electron chi connectivity index (χ2n) is 12.4. The van der Waals surface area contributed by atoms with Crippen LogP contribution in [-0.4, -0.2) is 11.6 Å². The first-order valence-electron chi connectivity index (χ1n) is 12.7. The highest BCUT2D eigenvalue weighted by molar-refractivity contribution is 5.90. The quantitative estimate of drug-likeness (QED) is 0.505. The minimum atomic E-state index is 0.0292. The lowest BCUT2D eigenvalue weighted by Crippen LogP contribution is -2.56. The lowest BCUT2D eigenvalue weighted by atomic mass is 9.44. The predicted molar refractivity (Wildman–Crippen MR) is 118 cm³/mol. The van der Waals surface area contributed by atoms with E-state index in [4.69, 9.17) is 0 Å². The van der Waals surface area contributed by atoms with Crippen LogP contribution in [0, 0.1) is 52.3 Å². The molecule has 5 unspecified atom stereocenters. The Labute approximate surface area is 179 Å². The molecule has 0 aromatic carbocycles. The van der Waals surface area contributed by atoms with Gasteiger partial charge >= 0.3 is 0 Å². The third kappa shape index (κ3) is 3.55. The minimum absolute atomic E-state index is 0.0292. The van der Waals surface area contributed by atoms with Gasteiger partial charge in [0.05, 0.1) is 0 Å². The number of Topliss-reactive ketones (excluding diaryl/α,β-unsaturated/α-hetero) is 2. The van der Waals surface area contributed by atoms with Crippen molar-refractivity contribution in [1.29, 1.82) is 0 Å². The number of carbonyl (C=O) groups excluding carboxylic acids is 2. The zero-order valence-corrected chi connectivity index (χ0v) is 19.6. The van der Waals surface area contributed by atoms with Crippen LogP contribution in [0.4, 0.5) is 0 Å². The second kappa shape index (κ2) is 7.79. The van der Waals surface area contributed by atoms with E-state index < -0.39 is 0 Å². The van der Waals surface area contributed by atoms with Crippen molar-refractivity contribution in [2.45, 2.75) is 105 Å². The molecule has 2 heteroatoms. The maximum atomic E-state index is 13.2. The lowest BCUT2D eigenvalue weighted by Gasteiger charge is -2.59. The Bertz CT molecular complexity index is 651. The first-order valence-corrected chi connectivity index (χ1v) is 12.7. The van der Waals surface area contributed by atoms with Gasteiger partial charge in [-0.05, 0) is 78.4 Å². The van der Waals surface area contributed by atoms with Crippen LogP contribution in [0.5, 0.6) is 0 Å². The summed E-state index contributed by atoms with van der Waals surface area (Å²) >= 11 is 0. The Balaban J connectivity index is 1.51. The van der Waals surface area contributed by atoms with Crippen LogP contribution in [0.15, 0.2) is 0 Å². The standard InChI is InChI=1S/C27H44O2/c1-17(2)7-6-8-18(3)21-9-10-22-20-16-25(29)24-15-19(28)11-13-27(24,5)23(20)12-14-26(21,22)4/h17-18,20-24H,6-16H2,1-5H3/t18?,20?,21-,22?,23?,24?,26-,27-/m1/s1. The van der Waals surface area contributed by atoms with Crippen molar-refractivity contribution >= 4 is 11.6 Å². The van der Waals surface area contributed by atoms with E-state index in [1.807, 2.05) is 0 Å². The molecule has 29 heavy (non-hydrogen) atoms. The highest BCUT2D eigenvalue weighted by atomic mass is 16.1. The maximum absolute atomic E-state index is 13.2. The molecule has 0 aromatic heterocycles. The summed E-state index contributed by atoms with van der Waals surface area (Å²) in [7, 11) is 0. The number of hydrogen-bond acceptors (Lipinski definition) is 2. The van der Waals surface area contributed by atoms with Crippen molar-refractivity contribution in [1.82, 2.24) is 0 Å². The molecular weight excluding hydrogens is 356 g/mol. The van der Waals surface area contributed by atoms with Crippen molar-refractivity contribution in [3.63, 3.8) is 0 Å². The molecule has 164 valence electrons. The molecule has 0 radical (unpaired) electrons. The molecule has 0 saturated heterocycles. The molecule has 4 aliphatic carbocycles. The maximum Gasteiger partial charge on any atom is 0.137 e. The highest BCUT2D eigenvalue weighted by Gasteiger charge is 2.62. The molecular formula is C27H44O2. The molecule has 0 heterocycles. The van der Waals surface area contributed by atoms with E-state index in [0.29, 0.717) is 41.7 Å². The van der Waals surface area contributed by atoms with Gasteiger partial charge in [0.1, 0.15) is 11.6 Å². The Morgan fingerprint density at radius 3 is 2.34 bits per heavy atom. The smallest absolute Gasteiger partial charge is 0.137 e. The van der Waals surface area contributed by atoms with Gasteiger partial charge in [-0.15, -0.1) is 0 Å². The van der Waals surface area contributed by atoms with Crippen molar-refractivity contribution < 1.29 is 9.59 Å². The van der Waals surface area contributed by atoms with E-state index in [9.17, 15) is 9.59 Å². The average Bonchev–Trinajstić information content (AvgIpc) is 3.00. The molecule has 2 nitrogen and oxygen atoms in total. The van der Waals surface area contributed by atoms with Crippen LogP contribution in [0.3, 0.4) is 0 Å². The number of ketones is 2. The van der Waals surface area contributed by atoms with E-state index in [0.717, 1.165) is 36.5 Å². The van der Waals surface area contributed by atoms with E-state index in [2.05, 4.69) is 34.6 Å². The summed E-state index contributed by atoms with van der Waals surface area (Å²) in [6, 6.07) is 0. The Morgan fingerprint density at radius 2 is 1.62 bits per heavy atom. The third-order valence-electron chi connectivity index (χ3n) is 10.5. The Hall–Kier alpha value is -0.660. The van der Waals surface area contributed by atoms with Crippen molar-refractivity contribution in [2.75, 3.05) is 0 Å².